The molecular formula is C19H20N6O2. The number of nitrogens with one attached hydrogen (secondary N) is 3. The summed E-state index contributed by atoms with van der Waals surface area (Å²) in [6.07, 6.45) is 6.33. The van der Waals surface area contributed by atoms with Gasteiger partial charge in [-0.3, -0.25) is 4.79 Å². The van der Waals surface area contributed by atoms with Crippen LogP contribution < -0.4 is 16.0 Å². The number of rotatable bonds is 8. The van der Waals surface area contributed by atoms with Crippen molar-refractivity contribution in [3.8, 4) is 0 Å². The minimum Gasteiger partial charge on any atom is -0.465 e. The second kappa shape index (κ2) is 9.14. The van der Waals surface area contributed by atoms with Gasteiger partial charge in [0.05, 0.1) is 6.26 Å². The maximum absolute atomic E-state index is 11.7. The van der Waals surface area contributed by atoms with E-state index < -0.39 is 0 Å². The average molecular weight is 364 g/mol. The van der Waals surface area contributed by atoms with Gasteiger partial charge in [0.1, 0.15) is 17.4 Å². The lowest BCUT2D eigenvalue weighted by Gasteiger charge is -2.07. The van der Waals surface area contributed by atoms with Crippen molar-refractivity contribution >= 4 is 29.4 Å². The fraction of sp³-hybridized carbons (Fsp3) is 0.158. The summed E-state index contributed by atoms with van der Waals surface area (Å²) in [6.45, 7) is 2.98. The van der Waals surface area contributed by atoms with Crippen LogP contribution in [0.1, 0.15) is 11.3 Å². The second-order valence-electron chi connectivity index (χ2n) is 5.71. The van der Waals surface area contributed by atoms with E-state index in [4.69, 9.17) is 4.42 Å². The number of furan rings is 1. The van der Waals surface area contributed by atoms with E-state index in [-0.39, 0.29) is 5.91 Å². The number of amides is 1. The Bertz CT molecular complexity index is 891. The highest BCUT2D eigenvalue weighted by Crippen LogP contribution is 2.13. The van der Waals surface area contributed by atoms with Crippen molar-refractivity contribution in [1.82, 2.24) is 20.5 Å². The molecule has 0 saturated heterocycles. The van der Waals surface area contributed by atoms with Crippen LogP contribution in [0.25, 0.3) is 6.08 Å². The number of hydrogen-bond donors (Lipinski definition) is 3. The minimum atomic E-state index is -0.190. The highest BCUT2D eigenvalue weighted by atomic mass is 16.3. The number of nitrogens with zero attached hydrogens (tertiary/aromatic N) is 3. The van der Waals surface area contributed by atoms with E-state index in [1.165, 1.54) is 6.08 Å². The molecule has 0 saturated carbocycles. The summed E-state index contributed by atoms with van der Waals surface area (Å²) in [5.41, 5.74) is 1.11. The molecule has 3 aromatic rings. The van der Waals surface area contributed by atoms with E-state index in [9.17, 15) is 4.79 Å². The van der Waals surface area contributed by atoms with Gasteiger partial charge in [0.25, 0.3) is 0 Å². The summed E-state index contributed by atoms with van der Waals surface area (Å²) in [7, 11) is 0. The number of pyridine rings is 1. The Balaban J connectivity index is 1.39. The molecule has 3 N–H and O–H groups in total. The van der Waals surface area contributed by atoms with Crippen molar-refractivity contribution in [3.05, 3.63) is 66.3 Å². The fourth-order valence-electron chi connectivity index (χ4n) is 2.21. The quantitative estimate of drug-likeness (QED) is 0.417. The van der Waals surface area contributed by atoms with Crippen molar-refractivity contribution in [2.75, 3.05) is 23.7 Å². The zero-order valence-electron chi connectivity index (χ0n) is 14.8. The number of anilines is 3. The van der Waals surface area contributed by atoms with Gasteiger partial charge in [-0.15, -0.1) is 10.2 Å². The maximum Gasteiger partial charge on any atom is 0.244 e. The lowest BCUT2D eigenvalue weighted by molar-refractivity contribution is -0.116. The van der Waals surface area contributed by atoms with Gasteiger partial charge in [-0.05, 0) is 55.0 Å². The van der Waals surface area contributed by atoms with Crippen LogP contribution in [0.4, 0.5) is 17.5 Å². The van der Waals surface area contributed by atoms with E-state index in [0.717, 1.165) is 11.4 Å². The van der Waals surface area contributed by atoms with Crippen LogP contribution in [0.3, 0.4) is 0 Å². The van der Waals surface area contributed by atoms with Crippen LogP contribution in [0.2, 0.25) is 0 Å². The molecular weight excluding hydrogens is 344 g/mol. The second-order valence-corrected chi connectivity index (χ2v) is 5.71. The third kappa shape index (κ3) is 5.96. The molecule has 0 radical (unpaired) electrons. The maximum atomic E-state index is 11.7. The highest BCUT2D eigenvalue weighted by Gasteiger charge is 2.01. The molecule has 3 rings (SSSR count). The summed E-state index contributed by atoms with van der Waals surface area (Å²) in [4.78, 5) is 15.9. The van der Waals surface area contributed by atoms with Crippen LogP contribution in [0, 0.1) is 6.92 Å². The number of carbonyl (C=O) groups is 1. The molecule has 1 amide bonds. The lowest BCUT2D eigenvalue weighted by Crippen LogP contribution is -2.27. The Morgan fingerprint density at radius 2 is 1.96 bits per heavy atom. The van der Waals surface area contributed by atoms with Gasteiger partial charge in [0.15, 0.2) is 5.82 Å². The first kappa shape index (κ1) is 18.1. The van der Waals surface area contributed by atoms with Gasteiger partial charge in [0, 0.05) is 25.4 Å². The van der Waals surface area contributed by atoms with Crippen LogP contribution in [-0.2, 0) is 4.79 Å². The predicted molar refractivity (Wildman–Crippen MR) is 104 cm³/mol. The number of aryl methyl sites for hydroxylation is 1. The van der Waals surface area contributed by atoms with E-state index in [1.807, 2.05) is 31.2 Å². The van der Waals surface area contributed by atoms with Gasteiger partial charge in [-0.2, -0.15) is 0 Å². The monoisotopic (exact) mass is 364 g/mol. The van der Waals surface area contributed by atoms with Gasteiger partial charge in [0.2, 0.25) is 5.91 Å². The molecule has 138 valence electrons. The first-order valence-corrected chi connectivity index (χ1v) is 8.46. The molecule has 0 atom stereocenters. The third-order valence-corrected chi connectivity index (χ3v) is 3.51. The van der Waals surface area contributed by atoms with Crippen LogP contribution in [-0.4, -0.2) is 34.2 Å². The standard InChI is InChI=1S/C19H20N6O2/c1-14-8-9-20-18(13-14)23-17-6-5-16(24-25-17)21-10-11-22-19(26)7-4-15-3-2-12-27-15/h2-9,12-13H,10-11H2,1H3,(H,21,24)(H,22,26)(H,20,23,25)/b7-4+. The highest BCUT2D eigenvalue weighted by molar-refractivity contribution is 5.91. The zero-order valence-corrected chi connectivity index (χ0v) is 14.8. The van der Waals surface area contributed by atoms with Crippen molar-refractivity contribution in [3.63, 3.8) is 0 Å². The van der Waals surface area contributed by atoms with Crippen LogP contribution in [0.15, 0.2) is 59.4 Å². The predicted octanol–water partition coefficient (Wildman–Crippen LogP) is 2.76. The smallest absolute Gasteiger partial charge is 0.244 e. The molecule has 0 unspecified atom stereocenters. The SMILES string of the molecule is Cc1ccnc(Nc2ccc(NCCNC(=O)/C=C/c3ccco3)nn2)c1. The number of aromatic nitrogens is 3. The van der Waals surface area contributed by atoms with Crippen LogP contribution in [0.5, 0.6) is 0 Å². The minimum absolute atomic E-state index is 0.190. The topological polar surface area (TPSA) is 105 Å². The van der Waals surface area contributed by atoms with Gasteiger partial charge in [-0.1, -0.05) is 0 Å². The molecule has 0 aliphatic carbocycles. The first-order chi connectivity index (χ1) is 13.2. The lowest BCUT2D eigenvalue weighted by atomic mass is 10.3. The van der Waals surface area contributed by atoms with Gasteiger partial charge in [-0.25, -0.2) is 4.98 Å². The van der Waals surface area contributed by atoms with Crippen molar-refractivity contribution < 1.29 is 9.21 Å². The van der Waals surface area contributed by atoms with E-state index >= 15 is 0 Å². The van der Waals surface area contributed by atoms with Crippen molar-refractivity contribution in [1.29, 1.82) is 0 Å². The number of carbonyl (C=O) groups excluding carboxylic acids is 1. The summed E-state index contributed by atoms with van der Waals surface area (Å²) < 4.78 is 5.12. The molecule has 0 bridgehead atoms. The summed E-state index contributed by atoms with van der Waals surface area (Å²) in [5, 5.41) is 17.2. The third-order valence-electron chi connectivity index (χ3n) is 3.51. The number of hydrogen-bond acceptors (Lipinski definition) is 7. The largest absolute Gasteiger partial charge is 0.465 e. The Labute approximate surface area is 156 Å². The van der Waals surface area contributed by atoms with Crippen molar-refractivity contribution in [2.45, 2.75) is 6.92 Å². The van der Waals surface area contributed by atoms with Gasteiger partial charge < -0.3 is 20.4 Å². The molecule has 3 aromatic heterocycles. The molecule has 0 aromatic carbocycles. The summed E-state index contributed by atoms with van der Waals surface area (Å²) >= 11 is 0. The molecule has 8 heteroatoms. The average Bonchev–Trinajstić information content (AvgIpc) is 3.19. The Kier molecular flexibility index (Phi) is 6.13. The molecule has 0 aliphatic rings. The fourth-order valence-corrected chi connectivity index (χ4v) is 2.21. The van der Waals surface area contributed by atoms with E-state index in [2.05, 4.69) is 31.1 Å². The molecule has 27 heavy (non-hydrogen) atoms. The van der Waals surface area contributed by atoms with E-state index in [1.54, 1.807) is 30.7 Å². The Morgan fingerprint density at radius 3 is 2.70 bits per heavy atom. The molecule has 3 heterocycles. The molecule has 0 spiro atoms. The normalized spacial score (nSPS) is 10.7. The van der Waals surface area contributed by atoms with Crippen LogP contribution >= 0.6 is 0 Å². The van der Waals surface area contributed by atoms with Gasteiger partial charge >= 0.3 is 0 Å². The summed E-state index contributed by atoms with van der Waals surface area (Å²) in [5.74, 6) is 2.39. The Hall–Kier alpha value is -3.68. The molecule has 0 aliphatic heterocycles. The Morgan fingerprint density at radius 1 is 1.11 bits per heavy atom. The summed E-state index contributed by atoms with van der Waals surface area (Å²) in [6, 6.07) is 11.0. The zero-order chi connectivity index (χ0) is 18.9. The molecule has 8 nitrogen and oxygen atoms in total. The van der Waals surface area contributed by atoms with Crippen molar-refractivity contribution in [2.24, 2.45) is 0 Å². The van der Waals surface area contributed by atoms with E-state index in [0.29, 0.717) is 30.5 Å². The first-order valence-electron chi connectivity index (χ1n) is 8.46. The molecule has 0 fully saturated rings.